The largest absolute Gasteiger partial charge is 0.506 e. The Labute approximate surface area is 87.1 Å². The van der Waals surface area contributed by atoms with Crippen molar-refractivity contribution in [2.24, 2.45) is 0 Å². The normalized spacial score (nSPS) is 31.1. The first-order chi connectivity index (χ1) is 6.99. The van der Waals surface area contributed by atoms with Gasteiger partial charge < -0.3 is 10.4 Å². The zero-order valence-corrected chi connectivity index (χ0v) is 8.46. The maximum Gasteiger partial charge on any atom is 0.321 e. The van der Waals surface area contributed by atoms with E-state index >= 15 is 0 Å². The van der Waals surface area contributed by atoms with Crippen molar-refractivity contribution in [2.75, 3.05) is 13.1 Å². The van der Waals surface area contributed by atoms with E-state index in [0.29, 0.717) is 18.8 Å². The van der Waals surface area contributed by atoms with E-state index < -0.39 is 5.67 Å². The van der Waals surface area contributed by atoms with Gasteiger partial charge in [-0.1, -0.05) is 0 Å². The number of urea groups is 1. The number of hydrogen-bond donors (Lipinski definition) is 2. The number of allylic oxidation sites excluding steroid dienone is 3. The third-order valence-corrected chi connectivity index (χ3v) is 2.58. The molecule has 0 spiro atoms. The molecular weight excluding hydrogens is 199 g/mol. The number of halogens is 1. The summed E-state index contributed by atoms with van der Waals surface area (Å²) >= 11 is 0. The molecule has 0 aromatic carbocycles. The van der Waals surface area contributed by atoms with Gasteiger partial charge in [-0.15, -0.1) is 0 Å². The predicted molar refractivity (Wildman–Crippen MR) is 53.0 cm³/mol. The first-order valence-electron chi connectivity index (χ1n) is 4.85. The molecule has 2 aliphatic rings. The number of amides is 2. The highest BCUT2D eigenvalue weighted by Gasteiger charge is 2.33. The Morgan fingerprint density at radius 2 is 2.40 bits per heavy atom. The second-order valence-electron chi connectivity index (χ2n) is 4.00. The van der Waals surface area contributed by atoms with Crippen LogP contribution >= 0.6 is 0 Å². The zero-order chi connectivity index (χ0) is 11.1. The fourth-order valence-electron chi connectivity index (χ4n) is 1.79. The van der Waals surface area contributed by atoms with Crippen molar-refractivity contribution >= 4 is 6.03 Å². The van der Waals surface area contributed by atoms with Crippen molar-refractivity contribution in [3.8, 4) is 0 Å². The summed E-state index contributed by atoms with van der Waals surface area (Å²) in [6.07, 6.45) is 2.65. The van der Waals surface area contributed by atoms with Crippen molar-refractivity contribution in [3.05, 3.63) is 23.6 Å². The van der Waals surface area contributed by atoms with Crippen molar-refractivity contribution < 1.29 is 14.3 Å². The summed E-state index contributed by atoms with van der Waals surface area (Å²) in [6.45, 7) is 2.42. The quantitative estimate of drug-likeness (QED) is 0.691. The van der Waals surface area contributed by atoms with Gasteiger partial charge in [-0.2, -0.15) is 0 Å². The number of carbonyl (C=O) groups excluding carboxylic acids is 1. The number of carbonyl (C=O) groups is 1. The molecule has 82 valence electrons. The molecule has 2 amide bonds. The number of alkyl halides is 1. The fraction of sp³-hybridized carbons (Fsp3) is 0.500. The Kier molecular flexibility index (Phi) is 2.17. The SMILES string of the molecule is CC1(F)C=CC(O)=C(N2CCNC2=O)C1. The molecule has 0 aromatic rings. The Morgan fingerprint density at radius 1 is 1.67 bits per heavy atom. The van der Waals surface area contributed by atoms with Crippen LogP contribution in [0.2, 0.25) is 0 Å². The Balaban J connectivity index is 2.27. The molecule has 2 rings (SSSR count). The first-order valence-corrected chi connectivity index (χ1v) is 4.85. The van der Waals surface area contributed by atoms with Gasteiger partial charge in [-0.05, 0) is 19.1 Å². The van der Waals surface area contributed by atoms with Crippen LogP contribution in [-0.2, 0) is 0 Å². The fourth-order valence-corrected chi connectivity index (χ4v) is 1.79. The van der Waals surface area contributed by atoms with E-state index in [1.54, 1.807) is 0 Å². The van der Waals surface area contributed by atoms with Crippen LogP contribution in [-0.4, -0.2) is 34.8 Å². The van der Waals surface area contributed by atoms with E-state index in [1.807, 2.05) is 0 Å². The summed E-state index contributed by atoms with van der Waals surface area (Å²) in [4.78, 5) is 12.7. The lowest BCUT2D eigenvalue weighted by molar-refractivity contribution is 0.203. The number of nitrogens with one attached hydrogen (secondary N) is 1. The van der Waals surface area contributed by atoms with Crippen LogP contribution in [0.5, 0.6) is 0 Å². The molecule has 0 radical (unpaired) electrons. The molecule has 1 saturated heterocycles. The van der Waals surface area contributed by atoms with E-state index in [1.165, 1.54) is 24.0 Å². The number of hydrogen-bond acceptors (Lipinski definition) is 2. The molecule has 15 heavy (non-hydrogen) atoms. The van der Waals surface area contributed by atoms with Crippen LogP contribution in [0.1, 0.15) is 13.3 Å². The molecule has 0 saturated carbocycles. The van der Waals surface area contributed by atoms with E-state index in [4.69, 9.17) is 0 Å². The lowest BCUT2D eigenvalue weighted by atomic mass is 9.95. The minimum atomic E-state index is -1.50. The summed E-state index contributed by atoms with van der Waals surface area (Å²) in [5, 5.41) is 12.2. The van der Waals surface area contributed by atoms with Crippen LogP contribution < -0.4 is 5.32 Å². The highest BCUT2D eigenvalue weighted by atomic mass is 19.1. The van der Waals surface area contributed by atoms with E-state index in [-0.39, 0.29) is 18.2 Å². The van der Waals surface area contributed by atoms with Gasteiger partial charge in [-0.3, -0.25) is 4.90 Å². The Bertz CT molecular complexity index is 360. The summed E-state index contributed by atoms with van der Waals surface area (Å²) in [6, 6.07) is -0.275. The van der Waals surface area contributed by atoms with Gasteiger partial charge in [0.15, 0.2) is 0 Å². The van der Waals surface area contributed by atoms with Crippen molar-refractivity contribution in [1.82, 2.24) is 10.2 Å². The van der Waals surface area contributed by atoms with Crippen molar-refractivity contribution in [2.45, 2.75) is 19.0 Å². The molecule has 1 aliphatic heterocycles. The lowest BCUT2D eigenvalue weighted by Gasteiger charge is -2.27. The second kappa shape index (κ2) is 3.25. The maximum atomic E-state index is 13.7. The zero-order valence-electron chi connectivity index (χ0n) is 8.46. The summed E-state index contributed by atoms with van der Waals surface area (Å²) in [5.74, 6) is -0.0258. The molecule has 1 aliphatic carbocycles. The molecule has 1 unspecified atom stereocenters. The van der Waals surface area contributed by atoms with Gasteiger partial charge in [0.05, 0.1) is 5.70 Å². The topological polar surface area (TPSA) is 52.6 Å². The smallest absolute Gasteiger partial charge is 0.321 e. The molecule has 0 bridgehead atoms. The summed E-state index contributed by atoms with van der Waals surface area (Å²) in [7, 11) is 0. The third kappa shape index (κ3) is 1.82. The number of aliphatic hydroxyl groups is 1. The average molecular weight is 212 g/mol. The van der Waals surface area contributed by atoms with Crippen LogP contribution in [0, 0.1) is 0 Å². The Morgan fingerprint density at radius 3 is 3.00 bits per heavy atom. The van der Waals surface area contributed by atoms with Gasteiger partial charge in [-0.25, -0.2) is 9.18 Å². The van der Waals surface area contributed by atoms with Crippen LogP contribution in [0.25, 0.3) is 0 Å². The van der Waals surface area contributed by atoms with Crippen LogP contribution in [0.3, 0.4) is 0 Å². The van der Waals surface area contributed by atoms with Gasteiger partial charge in [0, 0.05) is 19.5 Å². The maximum absolute atomic E-state index is 13.7. The Hall–Kier alpha value is -1.52. The molecule has 1 atom stereocenters. The van der Waals surface area contributed by atoms with Gasteiger partial charge >= 0.3 is 6.03 Å². The van der Waals surface area contributed by atoms with Gasteiger partial charge in [0.1, 0.15) is 11.4 Å². The minimum Gasteiger partial charge on any atom is -0.506 e. The molecule has 0 aromatic heterocycles. The highest BCUT2D eigenvalue weighted by Crippen LogP contribution is 2.31. The van der Waals surface area contributed by atoms with E-state index in [0.717, 1.165) is 0 Å². The van der Waals surface area contributed by atoms with E-state index in [9.17, 15) is 14.3 Å². The number of nitrogens with zero attached hydrogens (tertiary/aromatic N) is 1. The number of rotatable bonds is 1. The van der Waals surface area contributed by atoms with Crippen molar-refractivity contribution in [3.63, 3.8) is 0 Å². The molecule has 1 fully saturated rings. The van der Waals surface area contributed by atoms with E-state index in [2.05, 4.69) is 5.32 Å². The molecule has 4 nitrogen and oxygen atoms in total. The van der Waals surface area contributed by atoms with Crippen LogP contribution in [0.15, 0.2) is 23.6 Å². The minimum absolute atomic E-state index is 0.0258. The second-order valence-corrected chi connectivity index (χ2v) is 4.00. The van der Waals surface area contributed by atoms with Crippen molar-refractivity contribution in [1.29, 1.82) is 0 Å². The van der Waals surface area contributed by atoms with Crippen LogP contribution in [0.4, 0.5) is 9.18 Å². The monoisotopic (exact) mass is 212 g/mol. The lowest BCUT2D eigenvalue weighted by Crippen LogP contribution is -2.33. The molecular formula is C10H13FN2O2. The number of aliphatic hydroxyl groups excluding tert-OH is 1. The van der Waals surface area contributed by atoms with Gasteiger partial charge in [0.25, 0.3) is 0 Å². The molecule has 5 heteroatoms. The summed E-state index contributed by atoms with van der Waals surface area (Å²) < 4.78 is 13.7. The predicted octanol–water partition coefficient (Wildman–Crippen LogP) is 1.47. The molecule has 1 heterocycles. The highest BCUT2D eigenvalue weighted by molar-refractivity contribution is 5.78. The standard InChI is InChI=1S/C10H13FN2O2/c1-10(11)3-2-8(14)7(6-10)13-5-4-12-9(13)15/h2-3,14H,4-6H2,1H3,(H,12,15). The first kappa shape index (κ1) is 10.0. The van der Waals surface area contributed by atoms with Gasteiger partial charge in [0.2, 0.25) is 0 Å². The molecule has 2 N–H and O–H groups in total. The average Bonchev–Trinajstić information content (AvgIpc) is 2.56. The third-order valence-electron chi connectivity index (χ3n) is 2.58. The summed E-state index contributed by atoms with van der Waals surface area (Å²) in [5.41, 5.74) is -1.14.